The Balaban J connectivity index is 2.26. The van der Waals surface area contributed by atoms with Crippen LogP contribution in [-0.2, 0) is 0 Å². The predicted octanol–water partition coefficient (Wildman–Crippen LogP) is 3.14. The van der Waals surface area contributed by atoms with E-state index in [-0.39, 0.29) is 5.78 Å². The quantitative estimate of drug-likeness (QED) is 0.774. The maximum absolute atomic E-state index is 12.1. The fourth-order valence-corrected chi connectivity index (χ4v) is 1.68. The summed E-state index contributed by atoms with van der Waals surface area (Å²) in [7, 11) is 0. The molecule has 1 aromatic carbocycles. The monoisotopic (exact) mass is 240 g/mol. The second-order valence-corrected chi connectivity index (χ2v) is 4.65. The molecule has 3 heteroatoms. The topological polar surface area (TPSA) is 42.9 Å². The van der Waals surface area contributed by atoms with Gasteiger partial charge in [0.05, 0.1) is 11.9 Å². The first-order valence-corrected chi connectivity index (χ1v) is 6.01. The molecular formula is C15H16N2O. The van der Waals surface area contributed by atoms with Crippen LogP contribution in [0.1, 0.15) is 47.1 Å². The molecule has 0 aliphatic heterocycles. The zero-order valence-corrected chi connectivity index (χ0v) is 10.8. The average molecular weight is 240 g/mol. The highest BCUT2D eigenvalue weighted by atomic mass is 16.1. The molecule has 1 heterocycles. The van der Waals surface area contributed by atoms with E-state index < -0.39 is 0 Å². The summed E-state index contributed by atoms with van der Waals surface area (Å²) in [6, 6.07) is 7.66. The van der Waals surface area contributed by atoms with E-state index in [0.717, 1.165) is 5.69 Å². The summed E-state index contributed by atoms with van der Waals surface area (Å²) in [5.41, 5.74) is 3.07. The summed E-state index contributed by atoms with van der Waals surface area (Å²) in [5.74, 6) is 0.381. The number of carbonyl (C=O) groups is 1. The third-order valence-corrected chi connectivity index (χ3v) is 2.85. The van der Waals surface area contributed by atoms with Crippen molar-refractivity contribution in [3.63, 3.8) is 0 Å². The van der Waals surface area contributed by atoms with E-state index >= 15 is 0 Å². The third-order valence-electron chi connectivity index (χ3n) is 2.85. The van der Waals surface area contributed by atoms with Crippen LogP contribution < -0.4 is 0 Å². The summed E-state index contributed by atoms with van der Waals surface area (Å²) in [5, 5.41) is 0. The molecule has 92 valence electrons. The molecule has 2 aromatic rings. The lowest BCUT2D eigenvalue weighted by molar-refractivity contribution is 0.103. The summed E-state index contributed by atoms with van der Waals surface area (Å²) in [4.78, 5) is 20.3. The van der Waals surface area contributed by atoms with E-state index in [2.05, 4.69) is 23.8 Å². The Bertz CT molecular complexity index is 542. The van der Waals surface area contributed by atoms with E-state index in [9.17, 15) is 4.79 Å². The molecule has 0 saturated heterocycles. The predicted molar refractivity (Wildman–Crippen MR) is 70.7 cm³/mol. The highest BCUT2D eigenvalue weighted by Gasteiger charge is 2.11. The molecule has 0 aliphatic carbocycles. The lowest BCUT2D eigenvalue weighted by Gasteiger charge is -2.06. The molecule has 2 rings (SSSR count). The molecule has 0 N–H and O–H groups in total. The number of aromatic nitrogens is 2. The van der Waals surface area contributed by atoms with Gasteiger partial charge in [-0.05, 0) is 18.4 Å². The highest BCUT2D eigenvalue weighted by Crippen LogP contribution is 2.16. The molecule has 0 amide bonds. The van der Waals surface area contributed by atoms with Gasteiger partial charge in [0.25, 0.3) is 0 Å². The van der Waals surface area contributed by atoms with Crippen LogP contribution >= 0.6 is 0 Å². The Morgan fingerprint density at radius 3 is 2.22 bits per heavy atom. The number of nitrogens with zero attached hydrogens (tertiary/aromatic N) is 2. The SMILES string of the molecule is Cc1cnc(C(=O)c2ccc(C(C)C)cc2)cn1. The minimum absolute atomic E-state index is 0.0854. The van der Waals surface area contributed by atoms with Gasteiger partial charge in [-0.1, -0.05) is 38.1 Å². The minimum atomic E-state index is -0.0854. The number of hydrogen-bond donors (Lipinski definition) is 0. The van der Waals surface area contributed by atoms with Crippen LogP contribution in [0, 0.1) is 6.92 Å². The molecule has 0 radical (unpaired) electrons. The number of aryl methyl sites for hydroxylation is 1. The molecule has 0 atom stereocenters. The Labute approximate surface area is 107 Å². The van der Waals surface area contributed by atoms with Gasteiger partial charge in [-0.25, -0.2) is 4.98 Å². The normalized spacial score (nSPS) is 10.7. The van der Waals surface area contributed by atoms with Crippen LogP contribution in [0.15, 0.2) is 36.7 Å². The molecule has 0 fully saturated rings. The van der Waals surface area contributed by atoms with Crippen molar-refractivity contribution in [2.24, 2.45) is 0 Å². The van der Waals surface area contributed by atoms with Gasteiger partial charge in [-0.15, -0.1) is 0 Å². The van der Waals surface area contributed by atoms with Gasteiger partial charge >= 0.3 is 0 Å². The first-order chi connectivity index (χ1) is 8.58. The fourth-order valence-electron chi connectivity index (χ4n) is 1.68. The summed E-state index contributed by atoms with van der Waals surface area (Å²) in [6.45, 7) is 6.10. The van der Waals surface area contributed by atoms with Gasteiger partial charge < -0.3 is 0 Å². The first-order valence-electron chi connectivity index (χ1n) is 6.01. The van der Waals surface area contributed by atoms with Gasteiger partial charge in [-0.2, -0.15) is 0 Å². The van der Waals surface area contributed by atoms with Gasteiger partial charge in [0.15, 0.2) is 0 Å². The van der Waals surface area contributed by atoms with Crippen molar-refractivity contribution in [3.05, 3.63) is 59.2 Å². The second kappa shape index (κ2) is 5.08. The van der Waals surface area contributed by atoms with Gasteiger partial charge in [-0.3, -0.25) is 9.78 Å². The van der Waals surface area contributed by atoms with Crippen LogP contribution in [0.25, 0.3) is 0 Å². The van der Waals surface area contributed by atoms with Crippen molar-refractivity contribution in [2.75, 3.05) is 0 Å². The van der Waals surface area contributed by atoms with E-state index in [4.69, 9.17) is 0 Å². The Morgan fingerprint density at radius 1 is 1.06 bits per heavy atom. The van der Waals surface area contributed by atoms with Crippen molar-refractivity contribution < 1.29 is 4.79 Å². The number of benzene rings is 1. The Hall–Kier alpha value is -2.03. The Kier molecular flexibility index (Phi) is 3.51. The van der Waals surface area contributed by atoms with Gasteiger partial charge in [0, 0.05) is 11.8 Å². The van der Waals surface area contributed by atoms with Crippen molar-refractivity contribution in [1.82, 2.24) is 9.97 Å². The largest absolute Gasteiger partial charge is 0.287 e. The van der Waals surface area contributed by atoms with Crippen LogP contribution in [0.2, 0.25) is 0 Å². The lowest BCUT2D eigenvalue weighted by Crippen LogP contribution is -2.05. The van der Waals surface area contributed by atoms with E-state index in [1.165, 1.54) is 11.8 Å². The fraction of sp³-hybridized carbons (Fsp3) is 0.267. The van der Waals surface area contributed by atoms with Crippen molar-refractivity contribution in [3.8, 4) is 0 Å². The second-order valence-electron chi connectivity index (χ2n) is 4.65. The molecule has 0 saturated carbocycles. The first kappa shape index (κ1) is 12.4. The summed E-state index contributed by atoms with van der Waals surface area (Å²) >= 11 is 0. The van der Waals surface area contributed by atoms with Crippen LogP contribution in [0.4, 0.5) is 0 Å². The molecule has 0 aliphatic rings. The zero-order chi connectivity index (χ0) is 13.1. The van der Waals surface area contributed by atoms with Crippen molar-refractivity contribution in [2.45, 2.75) is 26.7 Å². The lowest BCUT2D eigenvalue weighted by atomic mass is 10.00. The molecule has 0 spiro atoms. The molecule has 1 aromatic heterocycles. The average Bonchev–Trinajstić information content (AvgIpc) is 2.39. The van der Waals surface area contributed by atoms with Crippen LogP contribution in [0.5, 0.6) is 0 Å². The van der Waals surface area contributed by atoms with Crippen molar-refractivity contribution >= 4 is 5.78 Å². The van der Waals surface area contributed by atoms with Crippen molar-refractivity contribution in [1.29, 1.82) is 0 Å². The molecule has 0 bridgehead atoms. The van der Waals surface area contributed by atoms with E-state index in [1.807, 2.05) is 31.2 Å². The molecular weight excluding hydrogens is 224 g/mol. The molecule has 0 unspecified atom stereocenters. The molecule has 18 heavy (non-hydrogen) atoms. The minimum Gasteiger partial charge on any atom is -0.287 e. The zero-order valence-electron chi connectivity index (χ0n) is 10.8. The highest BCUT2D eigenvalue weighted by molar-refractivity contribution is 6.07. The van der Waals surface area contributed by atoms with Crippen LogP contribution in [-0.4, -0.2) is 15.8 Å². The summed E-state index contributed by atoms with van der Waals surface area (Å²) in [6.07, 6.45) is 3.13. The standard InChI is InChI=1S/C15H16N2O/c1-10(2)12-4-6-13(7-5-12)15(18)14-9-16-11(3)8-17-14/h4-10H,1-3H3. The third kappa shape index (κ3) is 2.62. The number of rotatable bonds is 3. The van der Waals surface area contributed by atoms with Gasteiger partial charge in [0.2, 0.25) is 5.78 Å². The number of ketones is 1. The molecule has 3 nitrogen and oxygen atoms in total. The number of hydrogen-bond acceptors (Lipinski definition) is 3. The smallest absolute Gasteiger partial charge is 0.212 e. The van der Waals surface area contributed by atoms with Crippen LogP contribution in [0.3, 0.4) is 0 Å². The number of carbonyl (C=O) groups excluding carboxylic acids is 1. The summed E-state index contributed by atoms with van der Waals surface area (Å²) < 4.78 is 0. The maximum Gasteiger partial charge on any atom is 0.212 e. The van der Waals surface area contributed by atoms with Gasteiger partial charge in [0.1, 0.15) is 5.69 Å². The van der Waals surface area contributed by atoms with E-state index in [0.29, 0.717) is 17.2 Å². The Morgan fingerprint density at radius 2 is 1.72 bits per heavy atom. The van der Waals surface area contributed by atoms with E-state index in [1.54, 1.807) is 6.20 Å². The maximum atomic E-state index is 12.1.